The summed E-state index contributed by atoms with van der Waals surface area (Å²) in [7, 11) is -4.20. The van der Waals surface area contributed by atoms with Gasteiger partial charge in [0.25, 0.3) is 10.0 Å². The molecule has 1 aromatic carbocycles. The molecule has 0 spiro atoms. The molecule has 0 fully saturated rings. The molecular formula is C19H14FN5O2S. The SMILES string of the molecule is Cc1cnc(F)c(N(c2ccncn2)S(=O)(=O)c2ccc3cnccc3c2)c1. The fourth-order valence-electron chi connectivity index (χ4n) is 2.79. The molecule has 4 aromatic rings. The Labute approximate surface area is 160 Å². The molecule has 0 unspecified atom stereocenters. The molecule has 0 amide bonds. The summed E-state index contributed by atoms with van der Waals surface area (Å²) in [6.45, 7) is 1.70. The highest BCUT2D eigenvalue weighted by Crippen LogP contribution is 2.33. The molecule has 0 aliphatic carbocycles. The van der Waals surface area contributed by atoms with Crippen molar-refractivity contribution in [2.24, 2.45) is 0 Å². The number of anilines is 2. The first-order valence-corrected chi connectivity index (χ1v) is 9.68. The first-order valence-electron chi connectivity index (χ1n) is 8.24. The number of hydrogen-bond acceptors (Lipinski definition) is 6. The molecule has 7 nitrogen and oxygen atoms in total. The Bertz CT molecular complexity index is 1270. The van der Waals surface area contributed by atoms with Gasteiger partial charge in [-0.3, -0.25) is 4.98 Å². The van der Waals surface area contributed by atoms with Crippen LogP contribution in [0, 0.1) is 12.9 Å². The number of benzene rings is 1. The van der Waals surface area contributed by atoms with Crippen LogP contribution in [0.2, 0.25) is 0 Å². The predicted octanol–water partition coefficient (Wildman–Crippen LogP) is 3.39. The molecule has 3 aromatic heterocycles. The number of fused-ring (bicyclic) bond motifs is 1. The van der Waals surface area contributed by atoms with E-state index in [2.05, 4.69) is 19.9 Å². The van der Waals surface area contributed by atoms with Crippen LogP contribution in [0.4, 0.5) is 15.9 Å². The molecule has 0 aliphatic rings. The number of sulfonamides is 1. The molecule has 0 N–H and O–H groups in total. The van der Waals surface area contributed by atoms with E-state index in [-0.39, 0.29) is 16.4 Å². The summed E-state index contributed by atoms with van der Waals surface area (Å²) < 4.78 is 42.4. The maximum atomic E-state index is 14.5. The highest BCUT2D eigenvalue weighted by Gasteiger charge is 2.30. The first kappa shape index (κ1) is 17.9. The molecule has 4 rings (SSSR count). The summed E-state index contributed by atoms with van der Waals surface area (Å²) in [5.41, 5.74) is 0.392. The molecule has 0 atom stereocenters. The molecule has 0 aliphatic heterocycles. The number of pyridine rings is 2. The molecule has 0 saturated carbocycles. The van der Waals surface area contributed by atoms with Gasteiger partial charge in [-0.2, -0.15) is 4.39 Å². The van der Waals surface area contributed by atoms with Crippen molar-refractivity contribution < 1.29 is 12.8 Å². The normalized spacial score (nSPS) is 11.5. The number of nitrogens with zero attached hydrogens (tertiary/aromatic N) is 5. The van der Waals surface area contributed by atoms with Crippen molar-refractivity contribution in [3.05, 3.63) is 79.0 Å². The fraction of sp³-hybridized carbons (Fsp3) is 0.0526. The molecule has 0 radical (unpaired) electrons. The zero-order valence-electron chi connectivity index (χ0n) is 14.7. The van der Waals surface area contributed by atoms with Gasteiger partial charge in [-0.05, 0) is 42.1 Å². The lowest BCUT2D eigenvalue weighted by molar-refractivity contribution is 0.576. The molecule has 9 heteroatoms. The van der Waals surface area contributed by atoms with E-state index in [0.717, 1.165) is 9.69 Å². The smallest absolute Gasteiger partial charge is 0.264 e. The summed E-state index contributed by atoms with van der Waals surface area (Å²) in [5, 5.41) is 1.49. The Morgan fingerprint density at radius 2 is 1.75 bits per heavy atom. The molecule has 140 valence electrons. The van der Waals surface area contributed by atoms with Gasteiger partial charge in [-0.25, -0.2) is 27.7 Å². The van der Waals surface area contributed by atoms with E-state index < -0.39 is 16.0 Å². The topological polar surface area (TPSA) is 88.9 Å². The van der Waals surface area contributed by atoms with Crippen LogP contribution in [0.1, 0.15) is 5.56 Å². The van der Waals surface area contributed by atoms with Crippen LogP contribution in [-0.4, -0.2) is 28.4 Å². The monoisotopic (exact) mass is 395 g/mol. The summed E-state index contributed by atoms with van der Waals surface area (Å²) in [5.74, 6) is -0.908. The first-order chi connectivity index (χ1) is 13.5. The number of hydrogen-bond donors (Lipinski definition) is 0. The zero-order valence-corrected chi connectivity index (χ0v) is 15.5. The zero-order chi connectivity index (χ0) is 19.7. The third-order valence-electron chi connectivity index (χ3n) is 4.10. The van der Waals surface area contributed by atoms with Crippen molar-refractivity contribution in [3.8, 4) is 0 Å². The van der Waals surface area contributed by atoms with Crippen LogP contribution < -0.4 is 4.31 Å². The Hall–Kier alpha value is -3.46. The van der Waals surface area contributed by atoms with Crippen LogP contribution in [-0.2, 0) is 10.0 Å². The highest BCUT2D eigenvalue weighted by atomic mass is 32.2. The third kappa shape index (κ3) is 3.16. The van der Waals surface area contributed by atoms with Crippen molar-refractivity contribution >= 4 is 32.3 Å². The minimum absolute atomic E-state index is 0.00859. The lowest BCUT2D eigenvalue weighted by Crippen LogP contribution is -2.28. The van der Waals surface area contributed by atoms with E-state index in [1.165, 1.54) is 43.0 Å². The van der Waals surface area contributed by atoms with E-state index in [0.29, 0.717) is 10.9 Å². The van der Waals surface area contributed by atoms with Crippen LogP contribution >= 0.6 is 0 Å². The Balaban J connectivity index is 1.95. The van der Waals surface area contributed by atoms with Crippen molar-refractivity contribution in [3.63, 3.8) is 0 Å². The average Bonchev–Trinajstić information content (AvgIpc) is 2.71. The van der Waals surface area contributed by atoms with Gasteiger partial charge >= 0.3 is 0 Å². The average molecular weight is 395 g/mol. The van der Waals surface area contributed by atoms with Gasteiger partial charge < -0.3 is 0 Å². The van der Waals surface area contributed by atoms with Crippen LogP contribution in [0.5, 0.6) is 0 Å². The van der Waals surface area contributed by atoms with Gasteiger partial charge in [-0.1, -0.05) is 6.07 Å². The summed E-state index contributed by atoms with van der Waals surface area (Å²) in [6.07, 6.45) is 7.12. The summed E-state index contributed by atoms with van der Waals surface area (Å²) in [6, 6.07) is 9.13. The minimum atomic E-state index is -4.20. The van der Waals surface area contributed by atoms with E-state index in [4.69, 9.17) is 0 Å². The standard InChI is InChI=1S/C19H14FN5O2S/c1-13-8-17(19(20)23-10-13)25(18-5-7-22-12-24-18)28(26,27)16-3-2-15-11-21-6-4-14(15)9-16/h2-12H,1H3. The number of halogens is 1. The molecule has 0 bridgehead atoms. The second kappa shape index (κ2) is 6.93. The molecule has 0 saturated heterocycles. The number of aromatic nitrogens is 4. The molecule has 3 heterocycles. The number of aryl methyl sites for hydroxylation is 1. The minimum Gasteiger partial charge on any atom is -0.264 e. The third-order valence-corrected chi connectivity index (χ3v) is 5.81. The fourth-order valence-corrected chi connectivity index (χ4v) is 4.25. The number of rotatable bonds is 4. The lowest BCUT2D eigenvalue weighted by Gasteiger charge is -2.23. The Kier molecular flexibility index (Phi) is 4.44. The van der Waals surface area contributed by atoms with E-state index in [9.17, 15) is 12.8 Å². The van der Waals surface area contributed by atoms with E-state index in [1.807, 2.05) is 0 Å². The van der Waals surface area contributed by atoms with Crippen molar-refractivity contribution in [2.45, 2.75) is 11.8 Å². The Morgan fingerprint density at radius 1 is 0.929 bits per heavy atom. The summed E-state index contributed by atoms with van der Waals surface area (Å²) >= 11 is 0. The second-order valence-electron chi connectivity index (χ2n) is 6.04. The molecule has 28 heavy (non-hydrogen) atoms. The quantitative estimate of drug-likeness (QED) is 0.492. The largest absolute Gasteiger partial charge is 0.270 e. The van der Waals surface area contributed by atoms with Crippen molar-refractivity contribution in [1.29, 1.82) is 0 Å². The predicted molar refractivity (Wildman–Crippen MR) is 102 cm³/mol. The van der Waals surface area contributed by atoms with Crippen molar-refractivity contribution in [2.75, 3.05) is 4.31 Å². The highest BCUT2D eigenvalue weighted by molar-refractivity contribution is 7.93. The Morgan fingerprint density at radius 3 is 2.54 bits per heavy atom. The lowest BCUT2D eigenvalue weighted by atomic mass is 10.2. The maximum Gasteiger partial charge on any atom is 0.270 e. The van der Waals surface area contributed by atoms with Gasteiger partial charge in [-0.15, -0.1) is 0 Å². The van der Waals surface area contributed by atoms with Gasteiger partial charge in [0.05, 0.1) is 4.90 Å². The van der Waals surface area contributed by atoms with Crippen LogP contribution in [0.3, 0.4) is 0 Å². The molecular weight excluding hydrogens is 381 g/mol. The van der Waals surface area contributed by atoms with Gasteiger partial charge in [0, 0.05) is 36.2 Å². The van der Waals surface area contributed by atoms with Crippen molar-refractivity contribution in [1.82, 2.24) is 19.9 Å². The maximum absolute atomic E-state index is 14.5. The van der Waals surface area contributed by atoms with Gasteiger partial charge in [0.2, 0.25) is 5.95 Å². The van der Waals surface area contributed by atoms with Crippen LogP contribution in [0.25, 0.3) is 10.8 Å². The van der Waals surface area contributed by atoms with Gasteiger partial charge in [0.1, 0.15) is 12.0 Å². The van der Waals surface area contributed by atoms with E-state index in [1.54, 1.807) is 31.5 Å². The second-order valence-corrected chi connectivity index (χ2v) is 7.83. The summed E-state index contributed by atoms with van der Waals surface area (Å²) in [4.78, 5) is 15.5. The van der Waals surface area contributed by atoms with Gasteiger partial charge in [0.15, 0.2) is 5.82 Å². The van der Waals surface area contributed by atoms with E-state index >= 15 is 0 Å². The van der Waals surface area contributed by atoms with Crippen LogP contribution in [0.15, 0.2) is 72.4 Å².